The molecule has 1 aromatic rings. The third-order valence-electron chi connectivity index (χ3n) is 1.63. The topological polar surface area (TPSA) is 115 Å². The van der Waals surface area contributed by atoms with Crippen molar-refractivity contribution in [1.82, 2.24) is 4.98 Å². The van der Waals surface area contributed by atoms with Crippen LogP contribution in [-0.4, -0.2) is 17.3 Å². The molecule has 4 N–H and O–H groups in total. The van der Waals surface area contributed by atoms with Gasteiger partial charge >= 0.3 is 6.36 Å². The van der Waals surface area contributed by atoms with Crippen LogP contribution in [0.4, 0.5) is 18.9 Å². The Kier molecular flexibility index (Phi) is 3.08. The van der Waals surface area contributed by atoms with Crippen LogP contribution in [0.2, 0.25) is 0 Å². The fraction of sp³-hybridized carbons (Fsp3) is 0.125. The van der Waals surface area contributed by atoms with Crippen LogP contribution in [0.5, 0.6) is 5.75 Å². The Morgan fingerprint density at radius 2 is 2.12 bits per heavy atom. The largest absolute Gasteiger partial charge is 0.573 e. The number of nitrogen functional groups attached to an aromatic ring is 1. The van der Waals surface area contributed by atoms with E-state index in [0.717, 1.165) is 6.20 Å². The zero-order valence-corrected chi connectivity index (χ0v) is 8.08. The first-order valence-electron chi connectivity index (χ1n) is 4.00. The highest BCUT2D eigenvalue weighted by Gasteiger charge is 2.35. The SMILES string of the molecule is N#Cc1c(N)cnc(C(N)=O)c1OC(F)(F)F. The first-order chi connectivity index (χ1) is 7.76. The number of hydrogen-bond acceptors (Lipinski definition) is 5. The number of carbonyl (C=O) groups excluding carboxylic acids is 1. The van der Waals surface area contributed by atoms with Crippen molar-refractivity contribution in [3.05, 3.63) is 17.5 Å². The number of anilines is 1. The predicted octanol–water partition coefficient (Wildman–Crippen LogP) is 0.533. The number of carbonyl (C=O) groups is 1. The summed E-state index contributed by atoms with van der Waals surface area (Å²) < 4.78 is 39.8. The maximum Gasteiger partial charge on any atom is 0.573 e. The predicted molar refractivity (Wildman–Crippen MR) is 48.6 cm³/mol. The lowest BCUT2D eigenvalue weighted by molar-refractivity contribution is -0.274. The van der Waals surface area contributed by atoms with E-state index in [0.29, 0.717) is 0 Å². The third-order valence-corrected chi connectivity index (χ3v) is 1.63. The third kappa shape index (κ3) is 2.75. The molecule has 1 amide bonds. The molecule has 6 nitrogen and oxygen atoms in total. The van der Waals surface area contributed by atoms with Crippen LogP contribution in [0.1, 0.15) is 16.1 Å². The fourth-order valence-corrected chi connectivity index (χ4v) is 1.01. The van der Waals surface area contributed by atoms with Crippen LogP contribution in [0, 0.1) is 11.3 Å². The van der Waals surface area contributed by atoms with E-state index >= 15 is 0 Å². The quantitative estimate of drug-likeness (QED) is 0.789. The summed E-state index contributed by atoms with van der Waals surface area (Å²) in [7, 11) is 0. The number of ether oxygens (including phenoxy) is 1. The molecule has 0 atom stereocenters. The van der Waals surface area contributed by atoms with Gasteiger partial charge in [-0.3, -0.25) is 4.79 Å². The molecule has 90 valence electrons. The molecule has 1 heterocycles. The van der Waals surface area contributed by atoms with Crippen molar-refractivity contribution in [3.63, 3.8) is 0 Å². The highest BCUT2D eigenvalue weighted by Crippen LogP contribution is 2.31. The number of nitriles is 1. The van der Waals surface area contributed by atoms with Gasteiger partial charge in [0.15, 0.2) is 11.4 Å². The molecule has 0 saturated heterocycles. The van der Waals surface area contributed by atoms with Gasteiger partial charge in [-0.2, -0.15) is 5.26 Å². The Morgan fingerprint density at radius 1 is 1.53 bits per heavy atom. The molecule has 1 aromatic heterocycles. The van der Waals surface area contributed by atoms with Gasteiger partial charge in [-0.25, -0.2) is 4.98 Å². The van der Waals surface area contributed by atoms with Crippen molar-refractivity contribution in [2.45, 2.75) is 6.36 Å². The van der Waals surface area contributed by atoms with E-state index in [1.807, 2.05) is 0 Å². The van der Waals surface area contributed by atoms with Crippen molar-refractivity contribution in [3.8, 4) is 11.8 Å². The average Bonchev–Trinajstić information content (AvgIpc) is 2.15. The van der Waals surface area contributed by atoms with E-state index in [1.54, 1.807) is 0 Å². The summed E-state index contributed by atoms with van der Waals surface area (Å²) in [5.41, 5.74) is 8.23. The van der Waals surface area contributed by atoms with Crippen LogP contribution in [0.3, 0.4) is 0 Å². The van der Waals surface area contributed by atoms with Crippen LogP contribution in [0.25, 0.3) is 0 Å². The molecule has 0 radical (unpaired) electrons. The second kappa shape index (κ2) is 4.17. The maximum atomic E-state index is 12.1. The molecule has 9 heteroatoms. The molecule has 0 aliphatic carbocycles. The van der Waals surface area contributed by atoms with Crippen molar-refractivity contribution < 1.29 is 22.7 Å². The van der Waals surface area contributed by atoms with Gasteiger partial charge in [0.1, 0.15) is 11.6 Å². The fourth-order valence-electron chi connectivity index (χ4n) is 1.01. The summed E-state index contributed by atoms with van der Waals surface area (Å²) in [6.07, 6.45) is -4.24. The second-order valence-corrected chi connectivity index (χ2v) is 2.79. The van der Waals surface area contributed by atoms with Gasteiger partial charge in [0.25, 0.3) is 5.91 Å². The smallest absolute Gasteiger partial charge is 0.402 e. The monoisotopic (exact) mass is 246 g/mol. The minimum Gasteiger partial charge on any atom is -0.402 e. The Labute approximate surface area is 92.6 Å². The lowest BCUT2D eigenvalue weighted by Crippen LogP contribution is -2.23. The van der Waals surface area contributed by atoms with Crippen molar-refractivity contribution in [1.29, 1.82) is 5.26 Å². The number of nitrogens with two attached hydrogens (primary N) is 2. The number of aromatic nitrogens is 1. The van der Waals surface area contributed by atoms with Gasteiger partial charge < -0.3 is 16.2 Å². The van der Waals surface area contributed by atoms with Crippen LogP contribution in [0.15, 0.2) is 6.20 Å². The molecule has 0 aliphatic heterocycles. The number of rotatable bonds is 2. The van der Waals surface area contributed by atoms with E-state index in [9.17, 15) is 18.0 Å². The lowest BCUT2D eigenvalue weighted by Gasteiger charge is -2.13. The normalized spacial score (nSPS) is 10.7. The molecule has 1 rings (SSSR count). The van der Waals surface area contributed by atoms with Crippen LogP contribution in [-0.2, 0) is 0 Å². The number of halogens is 3. The molecule has 17 heavy (non-hydrogen) atoms. The molecule has 0 spiro atoms. The molecule has 0 aliphatic rings. The Bertz CT molecular complexity index is 507. The van der Waals surface area contributed by atoms with E-state index in [-0.39, 0.29) is 5.69 Å². The number of alkyl halides is 3. The van der Waals surface area contributed by atoms with E-state index in [2.05, 4.69) is 9.72 Å². The number of amides is 1. The molecule has 0 fully saturated rings. The minimum absolute atomic E-state index is 0.350. The first-order valence-corrected chi connectivity index (χ1v) is 4.00. The minimum atomic E-state index is -5.09. The Hall–Kier alpha value is -2.50. The zero-order valence-electron chi connectivity index (χ0n) is 8.08. The highest BCUT2D eigenvalue weighted by atomic mass is 19.4. The standard InChI is InChI=1S/C8H5F3N4O2/c9-8(10,11)17-6-3(1-12)4(13)2-15-5(6)7(14)16/h2H,13H2,(H2,14,16). The second-order valence-electron chi connectivity index (χ2n) is 2.79. The lowest BCUT2D eigenvalue weighted by atomic mass is 10.2. The van der Waals surface area contributed by atoms with E-state index in [4.69, 9.17) is 16.7 Å². The van der Waals surface area contributed by atoms with Gasteiger partial charge in [0, 0.05) is 0 Å². The molecule has 0 bridgehead atoms. The summed E-state index contributed by atoms with van der Waals surface area (Å²) in [6.45, 7) is 0. The summed E-state index contributed by atoms with van der Waals surface area (Å²) in [6, 6.07) is 1.38. The van der Waals surface area contributed by atoms with Crippen molar-refractivity contribution >= 4 is 11.6 Å². The molecule has 0 unspecified atom stereocenters. The molecule has 0 saturated carbocycles. The highest BCUT2D eigenvalue weighted by molar-refractivity contribution is 5.95. The average molecular weight is 246 g/mol. The zero-order chi connectivity index (χ0) is 13.2. The molecule has 0 aromatic carbocycles. The van der Waals surface area contributed by atoms with Gasteiger partial charge in [-0.1, -0.05) is 0 Å². The van der Waals surface area contributed by atoms with Gasteiger partial charge in [-0.05, 0) is 0 Å². The van der Waals surface area contributed by atoms with Crippen molar-refractivity contribution in [2.24, 2.45) is 5.73 Å². The van der Waals surface area contributed by atoms with Crippen LogP contribution >= 0.6 is 0 Å². The summed E-state index contributed by atoms with van der Waals surface area (Å²) in [5, 5.41) is 8.65. The number of primary amides is 1. The Morgan fingerprint density at radius 3 is 2.53 bits per heavy atom. The Balaban J connectivity index is 3.46. The molecular weight excluding hydrogens is 241 g/mol. The van der Waals surface area contributed by atoms with Gasteiger partial charge in [0.05, 0.1) is 11.9 Å². The summed E-state index contributed by atoms with van der Waals surface area (Å²) in [5.74, 6) is -2.35. The first kappa shape index (κ1) is 12.6. The molecular formula is C8H5F3N4O2. The van der Waals surface area contributed by atoms with Gasteiger partial charge in [-0.15, -0.1) is 13.2 Å². The van der Waals surface area contributed by atoms with Gasteiger partial charge in [0.2, 0.25) is 0 Å². The maximum absolute atomic E-state index is 12.1. The summed E-state index contributed by atoms with van der Waals surface area (Å²) in [4.78, 5) is 14.1. The van der Waals surface area contributed by atoms with E-state index in [1.165, 1.54) is 6.07 Å². The van der Waals surface area contributed by atoms with E-state index < -0.39 is 29.3 Å². The van der Waals surface area contributed by atoms with Crippen LogP contribution < -0.4 is 16.2 Å². The number of pyridine rings is 1. The number of hydrogen-bond donors (Lipinski definition) is 2. The number of nitrogens with zero attached hydrogens (tertiary/aromatic N) is 2. The van der Waals surface area contributed by atoms with Crippen molar-refractivity contribution in [2.75, 3.05) is 5.73 Å². The summed E-state index contributed by atoms with van der Waals surface area (Å²) >= 11 is 0.